The van der Waals surface area contributed by atoms with Gasteiger partial charge in [0.25, 0.3) is 11.8 Å². The van der Waals surface area contributed by atoms with E-state index in [9.17, 15) is 28.7 Å². The van der Waals surface area contributed by atoms with Gasteiger partial charge in [-0.2, -0.15) is 0 Å². The van der Waals surface area contributed by atoms with Crippen LogP contribution >= 0.6 is 39.1 Å². The van der Waals surface area contributed by atoms with E-state index in [4.69, 9.17) is 23.2 Å². The molecule has 3 fully saturated rings. The first-order valence-electron chi connectivity index (χ1n) is 11.5. The number of nitrogens with one attached hydrogen (secondary N) is 1. The molecule has 1 saturated carbocycles. The maximum atomic E-state index is 14.1. The molecule has 0 spiro atoms. The lowest BCUT2D eigenvalue weighted by Crippen LogP contribution is -2.60. The Morgan fingerprint density at radius 2 is 1.70 bits per heavy atom. The van der Waals surface area contributed by atoms with Crippen molar-refractivity contribution in [2.24, 2.45) is 17.8 Å². The Morgan fingerprint density at radius 3 is 2.41 bits per heavy atom. The minimum atomic E-state index is -2.09. The quantitative estimate of drug-likeness (QED) is 0.303. The second kappa shape index (κ2) is 8.12. The molecule has 190 valence electrons. The molecule has 11 heteroatoms. The van der Waals surface area contributed by atoms with Gasteiger partial charge in [0.1, 0.15) is 11.6 Å². The van der Waals surface area contributed by atoms with Crippen LogP contribution in [0.1, 0.15) is 24.3 Å². The smallest absolute Gasteiger partial charge is 0.258 e. The van der Waals surface area contributed by atoms with E-state index in [1.807, 2.05) is 0 Å². The average molecular weight is 608 g/mol. The molecule has 6 rings (SSSR count). The van der Waals surface area contributed by atoms with Crippen molar-refractivity contribution >= 4 is 68.4 Å². The summed E-state index contributed by atoms with van der Waals surface area (Å²) in [5.74, 6) is -6.48. The van der Waals surface area contributed by atoms with Crippen LogP contribution in [-0.2, 0) is 19.2 Å². The second-order valence-corrected chi connectivity index (χ2v) is 12.0. The fourth-order valence-electron chi connectivity index (χ4n) is 6.41. The van der Waals surface area contributed by atoms with Crippen LogP contribution < -0.4 is 10.2 Å². The summed E-state index contributed by atoms with van der Waals surface area (Å²) >= 11 is 17.7. The molecule has 37 heavy (non-hydrogen) atoms. The molecular formula is C26H18BrCl2FN2O5. The second-order valence-electron chi connectivity index (χ2n) is 9.81. The van der Waals surface area contributed by atoms with Crippen LogP contribution in [-0.4, -0.2) is 38.5 Å². The number of fused-ring (bicyclic) bond motifs is 4. The van der Waals surface area contributed by atoms with Crippen molar-refractivity contribution in [1.82, 2.24) is 5.32 Å². The van der Waals surface area contributed by atoms with Gasteiger partial charge in [0.2, 0.25) is 11.8 Å². The molecule has 2 N–H and O–H groups in total. The number of rotatable bonds is 2. The molecule has 7 nitrogen and oxygen atoms in total. The van der Waals surface area contributed by atoms with Gasteiger partial charge in [-0.25, -0.2) is 9.29 Å². The minimum Gasteiger partial charge on any atom is -0.508 e. The Balaban J connectivity index is 1.60. The number of hydrogen-bond donors (Lipinski definition) is 2. The number of carbonyl (C=O) groups excluding carboxylic acids is 4. The van der Waals surface area contributed by atoms with Gasteiger partial charge in [0, 0.05) is 16.0 Å². The zero-order valence-electron chi connectivity index (χ0n) is 18.9. The Kier molecular flexibility index (Phi) is 5.40. The fourth-order valence-corrected chi connectivity index (χ4v) is 7.72. The van der Waals surface area contributed by atoms with Gasteiger partial charge in [-0.05, 0) is 61.2 Å². The molecule has 2 aromatic carbocycles. The zero-order chi connectivity index (χ0) is 26.4. The summed E-state index contributed by atoms with van der Waals surface area (Å²) < 4.78 is 14.2. The largest absolute Gasteiger partial charge is 0.508 e. The Labute approximate surface area is 228 Å². The minimum absolute atomic E-state index is 0.0895. The van der Waals surface area contributed by atoms with Crippen molar-refractivity contribution in [2.75, 3.05) is 4.90 Å². The Morgan fingerprint density at radius 1 is 1.00 bits per heavy atom. The molecule has 0 radical (unpaired) electrons. The molecule has 2 aromatic rings. The number of amides is 4. The topological polar surface area (TPSA) is 104 Å². The predicted molar refractivity (Wildman–Crippen MR) is 136 cm³/mol. The van der Waals surface area contributed by atoms with E-state index in [0.29, 0.717) is 10.0 Å². The van der Waals surface area contributed by atoms with Gasteiger partial charge in [-0.1, -0.05) is 27.6 Å². The summed E-state index contributed by atoms with van der Waals surface area (Å²) in [5.41, 5.74) is 0.898. The first kappa shape index (κ1) is 24.6. The maximum absolute atomic E-state index is 14.1. The average Bonchev–Trinajstić information content (AvgIpc) is 3.23. The molecule has 0 aromatic heterocycles. The molecule has 2 aliphatic heterocycles. The Hall–Kier alpha value is -2.75. The number of carbonyl (C=O) groups is 4. The number of halogens is 4. The lowest BCUT2D eigenvalue weighted by Gasteiger charge is -2.50. The summed E-state index contributed by atoms with van der Waals surface area (Å²) in [5, 5.41) is 13.3. The highest BCUT2D eigenvalue weighted by atomic mass is 79.9. The third-order valence-corrected chi connectivity index (χ3v) is 9.95. The van der Waals surface area contributed by atoms with E-state index >= 15 is 0 Å². The van der Waals surface area contributed by atoms with Gasteiger partial charge in [0.05, 0.1) is 17.5 Å². The third-order valence-electron chi connectivity index (χ3n) is 8.04. The molecule has 4 aliphatic rings. The van der Waals surface area contributed by atoms with Crippen molar-refractivity contribution in [2.45, 2.75) is 28.5 Å². The van der Waals surface area contributed by atoms with Gasteiger partial charge >= 0.3 is 0 Å². The number of hydrogen-bond acceptors (Lipinski definition) is 5. The summed E-state index contributed by atoms with van der Waals surface area (Å²) in [4.78, 5) is 50.1. The van der Waals surface area contributed by atoms with Crippen LogP contribution in [0.5, 0.6) is 5.75 Å². The molecule has 0 bridgehead atoms. The van der Waals surface area contributed by atoms with Gasteiger partial charge < -0.3 is 5.11 Å². The lowest BCUT2D eigenvalue weighted by atomic mass is 9.56. The van der Waals surface area contributed by atoms with Crippen LogP contribution in [0.4, 0.5) is 10.1 Å². The predicted octanol–water partition coefficient (Wildman–Crippen LogP) is 4.14. The van der Waals surface area contributed by atoms with Crippen molar-refractivity contribution in [3.8, 4) is 5.75 Å². The molecule has 2 saturated heterocycles. The fraction of sp³-hybridized carbons (Fsp3) is 0.308. The standard InChI is InChI=1S/C26H18BrCl2FN2O5/c27-11-1-8-18(33)16(9-11)20-14-6-7-15-19(22(35)31-21(15)34)17(14)10-25(28)23(36)32(24(37)26(20,25)29)13-4-2-12(30)3-5-13/h1-6,8-9,15,17,19-20,33H,7,10H2,(H,31,34,35)/t15-,17+,19-,20+,25+,26-/m0/s1. The first-order chi connectivity index (χ1) is 17.5. The van der Waals surface area contributed by atoms with Crippen molar-refractivity contribution in [1.29, 1.82) is 0 Å². The van der Waals surface area contributed by atoms with Crippen molar-refractivity contribution in [3.05, 3.63) is 70.0 Å². The zero-order valence-corrected chi connectivity index (χ0v) is 22.0. The number of phenols is 1. The number of nitrogens with zero attached hydrogens (tertiary/aromatic N) is 1. The van der Waals surface area contributed by atoms with E-state index < -0.39 is 62.9 Å². The summed E-state index contributed by atoms with van der Waals surface area (Å²) in [7, 11) is 0. The van der Waals surface area contributed by atoms with Gasteiger partial charge in [-0.3, -0.25) is 24.5 Å². The highest BCUT2D eigenvalue weighted by Crippen LogP contribution is 2.66. The summed E-state index contributed by atoms with van der Waals surface area (Å²) in [6.45, 7) is 0. The lowest BCUT2D eigenvalue weighted by molar-refractivity contribution is -0.127. The van der Waals surface area contributed by atoms with E-state index in [0.717, 1.165) is 17.0 Å². The van der Waals surface area contributed by atoms with Gasteiger partial charge in [-0.15, -0.1) is 23.2 Å². The highest BCUT2D eigenvalue weighted by molar-refractivity contribution is 9.10. The van der Waals surface area contributed by atoms with E-state index in [1.54, 1.807) is 18.2 Å². The third kappa shape index (κ3) is 3.17. The van der Waals surface area contributed by atoms with Crippen LogP contribution in [0.25, 0.3) is 0 Å². The number of allylic oxidation sites excluding steroid dienone is 2. The van der Waals surface area contributed by atoms with Gasteiger partial charge in [0.15, 0.2) is 9.75 Å². The van der Waals surface area contributed by atoms with Crippen LogP contribution in [0.3, 0.4) is 0 Å². The number of imide groups is 2. The monoisotopic (exact) mass is 606 g/mol. The molecule has 6 atom stereocenters. The number of alkyl halides is 2. The SMILES string of the molecule is O=C1NC(=O)[C@H]2CC=C3[C@@H](C[C@@]4(Cl)C(=O)N(c5ccc(F)cc5)C(=O)[C@@]4(Cl)[C@H]3c3cc(Br)ccc3O)[C@@H]12. The van der Waals surface area contributed by atoms with E-state index in [2.05, 4.69) is 21.2 Å². The number of aromatic hydroxyl groups is 1. The number of anilines is 1. The maximum Gasteiger partial charge on any atom is 0.258 e. The Bertz CT molecular complexity index is 1450. The molecule has 0 unspecified atom stereocenters. The normalized spacial score (nSPS) is 34.6. The summed E-state index contributed by atoms with van der Waals surface area (Å²) in [6.07, 6.45) is 1.82. The van der Waals surface area contributed by atoms with Crippen LogP contribution in [0.15, 0.2) is 58.6 Å². The van der Waals surface area contributed by atoms with Crippen LogP contribution in [0.2, 0.25) is 0 Å². The molecule has 4 amide bonds. The molecular weight excluding hydrogens is 590 g/mol. The highest BCUT2D eigenvalue weighted by Gasteiger charge is 2.76. The molecule has 2 heterocycles. The van der Waals surface area contributed by atoms with Crippen molar-refractivity contribution < 1.29 is 28.7 Å². The molecule has 2 aliphatic carbocycles. The number of benzene rings is 2. The van der Waals surface area contributed by atoms with Crippen molar-refractivity contribution in [3.63, 3.8) is 0 Å². The van der Waals surface area contributed by atoms with E-state index in [1.165, 1.54) is 18.2 Å². The number of phenolic OH excluding ortho intramolecular Hbond substituents is 1. The van der Waals surface area contributed by atoms with Crippen LogP contribution in [0, 0.1) is 23.6 Å². The first-order valence-corrected chi connectivity index (χ1v) is 13.1. The van der Waals surface area contributed by atoms with E-state index in [-0.39, 0.29) is 29.8 Å². The summed E-state index contributed by atoms with van der Waals surface area (Å²) in [6, 6.07) is 9.40.